The molecule has 0 saturated carbocycles. The molecule has 0 amide bonds. The summed E-state index contributed by atoms with van der Waals surface area (Å²) in [6.45, 7) is 3.10. The number of halogens is 2. The average Bonchev–Trinajstić information content (AvgIpc) is 2.78. The van der Waals surface area contributed by atoms with Crippen molar-refractivity contribution in [3.05, 3.63) is 44.6 Å². The van der Waals surface area contributed by atoms with Gasteiger partial charge in [-0.3, -0.25) is 4.68 Å². The first-order valence-electron chi connectivity index (χ1n) is 6.16. The van der Waals surface area contributed by atoms with Crippen LogP contribution in [-0.2, 0) is 7.05 Å². The van der Waals surface area contributed by atoms with E-state index in [4.69, 9.17) is 0 Å². The number of aromatic nitrogens is 3. The fraction of sp³-hybridized carbons (Fsp3) is 0.385. The van der Waals surface area contributed by atoms with Gasteiger partial charge in [-0.1, -0.05) is 50.1 Å². The van der Waals surface area contributed by atoms with Crippen molar-refractivity contribution >= 4 is 31.9 Å². The van der Waals surface area contributed by atoms with Crippen molar-refractivity contribution in [2.24, 2.45) is 7.05 Å². The van der Waals surface area contributed by atoms with Gasteiger partial charge >= 0.3 is 0 Å². The molecule has 2 rings (SSSR count). The second-order valence-electron chi connectivity index (χ2n) is 4.34. The van der Waals surface area contributed by atoms with Crippen LogP contribution in [0.4, 0.5) is 0 Å². The molecule has 0 bridgehead atoms. The van der Waals surface area contributed by atoms with Gasteiger partial charge in [-0.05, 0) is 30.7 Å². The number of aryl methyl sites for hydroxylation is 1. The highest BCUT2D eigenvalue weighted by Crippen LogP contribution is 2.30. The molecule has 1 atom stereocenters. The fourth-order valence-electron chi connectivity index (χ4n) is 1.96. The van der Waals surface area contributed by atoms with Crippen molar-refractivity contribution in [2.45, 2.75) is 19.4 Å². The van der Waals surface area contributed by atoms with E-state index < -0.39 is 0 Å². The summed E-state index contributed by atoms with van der Waals surface area (Å²) in [4.78, 5) is 0. The highest BCUT2D eigenvalue weighted by molar-refractivity contribution is 9.11. The summed E-state index contributed by atoms with van der Waals surface area (Å²) < 4.78 is 3.93. The Labute approximate surface area is 129 Å². The van der Waals surface area contributed by atoms with Crippen LogP contribution in [0.3, 0.4) is 0 Å². The molecule has 102 valence electrons. The lowest BCUT2D eigenvalue weighted by Crippen LogP contribution is -2.25. The number of hydrogen-bond acceptors (Lipinski definition) is 3. The van der Waals surface area contributed by atoms with Crippen molar-refractivity contribution in [1.82, 2.24) is 20.3 Å². The Morgan fingerprint density at radius 3 is 2.74 bits per heavy atom. The van der Waals surface area contributed by atoms with Gasteiger partial charge in [0, 0.05) is 16.0 Å². The molecule has 4 nitrogen and oxygen atoms in total. The van der Waals surface area contributed by atoms with Crippen LogP contribution >= 0.6 is 31.9 Å². The quantitative estimate of drug-likeness (QED) is 0.854. The molecule has 0 aliphatic rings. The second kappa shape index (κ2) is 6.63. The van der Waals surface area contributed by atoms with Gasteiger partial charge < -0.3 is 5.32 Å². The summed E-state index contributed by atoms with van der Waals surface area (Å²) in [6.07, 6.45) is 2.89. The van der Waals surface area contributed by atoms with Crippen molar-refractivity contribution in [1.29, 1.82) is 0 Å². The minimum absolute atomic E-state index is 0.0856. The monoisotopic (exact) mass is 386 g/mol. The largest absolute Gasteiger partial charge is 0.305 e. The summed E-state index contributed by atoms with van der Waals surface area (Å²) in [5.74, 6) is 0. The third-order valence-corrected chi connectivity index (χ3v) is 4.10. The van der Waals surface area contributed by atoms with Gasteiger partial charge in [-0.2, -0.15) is 0 Å². The highest BCUT2D eigenvalue weighted by Gasteiger charge is 2.19. The standard InChI is InChI=1S/C13H16Br2N4/c1-3-6-16-13(12-8-17-18-19(12)2)10-5-4-9(14)7-11(10)15/h4-5,7-8,13,16H,3,6H2,1-2H3. The summed E-state index contributed by atoms with van der Waals surface area (Å²) in [5.41, 5.74) is 2.23. The van der Waals surface area contributed by atoms with Crippen LogP contribution in [0.1, 0.15) is 30.6 Å². The van der Waals surface area contributed by atoms with E-state index >= 15 is 0 Å². The molecule has 0 radical (unpaired) electrons. The Morgan fingerprint density at radius 2 is 2.16 bits per heavy atom. The molecule has 0 saturated heterocycles. The van der Waals surface area contributed by atoms with Crippen LogP contribution in [0.2, 0.25) is 0 Å². The number of nitrogens with one attached hydrogen (secondary N) is 1. The van der Waals surface area contributed by atoms with Gasteiger partial charge in [0.25, 0.3) is 0 Å². The number of rotatable bonds is 5. The van der Waals surface area contributed by atoms with Crippen LogP contribution in [-0.4, -0.2) is 21.5 Å². The van der Waals surface area contributed by atoms with Crippen LogP contribution in [0, 0.1) is 0 Å². The Kier molecular flexibility index (Phi) is 5.13. The third-order valence-electron chi connectivity index (χ3n) is 2.92. The van der Waals surface area contributed by atoms with Crippen LogP contribution in [0.5, 0.6) is 0 Å². The molecule has 0 spiro atoms. The fourth-order valence-corrected chi connectivity index (χ4v) is 3.23. The van der Waals surface area contributed by atoms with Crippen molar-refractivity contribution in [2.75, 3.05) is 6.54 Å². The second-order valence-corrected chi connectivity index (χ2v) is 6.11. The average molecular weight is 388 g/mol. The maximum absolute atomic E-state index is 4.02. The normalized spacial score (nSPS) is 12.6. The van der Waals surface area contributed by atoms with Gasteiger partial charge in [-0.15, -0.1) is 5.10 Å². The zero-order chi connectivity index (χ0) is 13.8. The maximum atomic E-state index is 4.02. The maximum Gasteiger partial charge on any atom is 0.0799 e. The predicted octanol–water partition coefficient (Wildman–Crippen LogP) is 3.43. The first kappa shape index (κ1) is 14.7. The number of hydrogen-bond donors (Lipinski definition) is 1. The summed E-state index contributed by atoms with van der Waals surface area (Å²) in [7, 11) is 1.91. The molecule has 2 aromatic rings. The topological polar surface area (TPSA) is 42.7 Å². The molecule has 6 heteroatoms. The SMILES string of the molecule is CCCNC(c1ccc(Br)cc1Br)c1cnnn1C. The van der Waals surface area contributed by atoms with Crippen molar-refractivity contribution < 1.29 is 0 Å². The van der Waals surface area contributed by atoms with Gasteiger partial charge in [-0.25, -0.2) is 0 Å². The molecule has 1 unspecified atom stereocenters. The third kappa shape index (κ3) is 3.43. The summed E-state index contributed by atoms with van der Waals surface area (Å²) in [6, 6.07) is 6.29. The summed E-state index contributed by atoms with van der Waals surface area (Å²) >= 11 is 7.11. The molecule has 0 aliphatic heterocycles. The van der Waals surface area contributed by atoms with E-state index in [0.717, 1.165) is 27.6 Å². The zero-order valence-corrected chi connectivity index (χ0v) is 14.1. The smallest absolute Gasteiger partial charge is 0.0799 e. The lowest BCUT2D eigenvalue weighted by atomic mass is 10.0. The first-order valence-corrected chi connectivity index (χ1v) is 7.75. The molecular formula is C13H16Br2N4. The Balaban J connectivity index is 2.40. The minimum atomic E-state index is 0.0856. The van der Waals surface area contributed by atoms with Crippen LogP contribution in [0.15, 0.2) is 33.3 Å². The van der Waals surface area contributed by atoms with Gasteiger partial charge in [0.1, 0.15) is 0 Å². The van der Waals surface area contributed by atoms with E-state index in [1.54, 1.807) is 0 Å². The highest BCUT2D eigenvalue weighted by atomic mass is 79.9. The summed E-state index contributed by atoms with van der Waals surface area (Å²) in [5, 5.41) is 11.5. The van der Waals surface area contributed by atoms with Crippen LogP contribution < -0.4 is 5.32 Å². The predicted molar refractivity (Wildman–Crippen MR) is 83.0 cm³/mol. The Bertz CT molecular complexity index is 553. The number of nitrogens with zero attached hydrogens (tertiary/aromatic N) is 3. The minimum Gasteiger partial charge on any atom is -0.305 e. The van der Waals surface area contributed by atoms with E-state index in [1.807, 2.05) is 24.0 Å². The Hall–Kier alpha value is -0.720. The van der Waals surface area contributed by atoms with E-state index in [0.29, 0.717) is 0 Å². The van der Waals surface area contributed by atoms with E-state index in [2.05, 4.69) is 66.5 Å². The molecule has 1 heterocycles. The molecule has 19 heavy (non-hydrogen) atoms. The molecule has 1 aromatic carbocycles. The van der Waals surface area contributed by atoms with Gasteiger partial charge in [0.05, 0.1) is 17.9 Å². The zero-order valence-electron chi connectivity index (χ0n) is 10.9. The lowest BCUT2D eigenvalue weighted by Gasteiger charge is -2.20. The van der Waals surface area contributed by atoms with E-state index in [9.17, 15) is 0 Å². The van der Waals surface area contributed by atoms with E-state index in [1.165, 1.54) is 5.56 Å². The molecular weight excluding hydrogens is 372 g/mol. The molecule has 1 aromatic heterocycles. The molecule has 0 aliphatic carbocycles. The van der Waals surface area contributed by atoms with Gasteiger partial charge in [0.2, 0.25) is 0 Å². The first-order chi connectivity index (χ1) is 9.13. The van der Waals surface area contributed by atoms with Crippen molar-refractivity contribution in [3.8, 4) is 0 Å². The lowest BCUT2D eigenvalue weighted by molar-refractivity contribution is 0.549. The van der Waals surface area contributed by atoms with Crippen LogP contribution in [0.25, 0.3) is 0 Å². The Morgan fingerprint density at radius 1 is 1.37 bits per heavy atom. The molecule has 0 fully saturated rings. The van der Waals surface area contributed by atoms with Crippen molar-refractivity contribution in [3.63, 3.8) is 0 Å². The number of benzene rings is 1. The van der Waals surface area contributed by atoms with Gasteiger partial charge in [0.15, 0.2) is 0 Å². The molecule has 1 N–H and O–H groups in total. The van der Waals surface area contributed by atoms with E-state index in [-0.39, 0.29) is 6.04 Å².